The van der Waals surface area contributed by atoms with Crippen molar-refractivity contribution >= 4 is 36.0 Å². The van der Waals surface area contributed by atoms with Crippen LogP contribution in [0.1, 0.15) is 58.3 Å². The van der Waals surface area contributed by atoms with Gasteiger partial charge >= 0.3 is 6.09 Å². The molecule has 0 bridgehead atoms. The van der Waals surface area contributed by atoms with Crippen LogP contribution in [0.4, 0.5) is 4.79 Å². The van der Waals surface area contributed by atoms with Crippen LogP contribution in [0, 0.1) is 5.92 Å². The highest BCUT2D eigenvalue weighted by atomic mass is 127. The number of hydrogen-bond acceptors (Lipinski definition) is 5. The number of guanidine groups is 1. The maximum absolute atomic E-state index is 12.2. The third kappa shape index (κ3) is 8.13. The highest BCUT2D eigenvalue weighted by Gasteiger charge is 2.28. The lowest BCUT2D eigenvalue weighted by molar-refractivity contribution is 0.0185. The summed E-state index contributed by atoms with van der Waals surface area (Å²) < 4.78 is 11.2. The summed E-state index contributed by atoms with van der Waals surface area (Å²) in [6, 6.07) is 4.22. The fourth-order valence-corrected chi connectivity index (χ4v) is 4.24. The van der Waals surface area contributed by atoms with E-state index >= 15 is 0 Å². The Labute approximate surface area is 209 Å². The summed E-state index contributed by atoms with van der Waals surface area (Å²) in [5.74, 6) is 2.32. The Morgan fingerprint density at radius 3 is 2.47 bits per heavy atom. The number of furan rings is 1. The van der Waals surface area contributed by atoms with Crippen molar-refractivity contribution in [3.63, 3.8) is 0 Å². The highest BCUT2D eigenvalue weighted by molar-refractivity contribution is 14.0. The molecule has 1 aromatic rings. The Morgan fingerprint density at radius 2 is 1.91 bits per heavy atom. The number of rotatable bonds is 6. The van der Waals surface area contributed by atoms with Crippen molar-refractivity contribution < 1.29 is 13.9 Å². The summed E-state index contributed by atoms with van der Waals surface area (Å²) in [6.45, 7) is 11.0. The SMILES string of the molecule is CN=C(NCC1CCN(C(=O)OC(C)(C)C)CC1)NCC(c1ccco1)N1CCCC1.I. The number of ether oxygens (including phenoxy) is 1. The maximum atomic E-state index is 12.2. The van der Waals surface area contributed by atoms with Crippen molar-refractivity contribution in [1.29, 1.82) is 0 Å². The van der Waals surface area contributed by atoms with E-state index in [-0.39, 0.29) is 36.1 Å². The second kappa shape index (κ2) is 12.7. The lowest BCUT2D eigenvalue weighted by atomic mass is 9.97. The molecule has 3 heterocycles. The zero-order valence-corrected chi connectivity index (χ0v) is 22.3. The normalized spacial score (nSPS) is 19.4. The third-order valence-corrected chi connectivity index (χ3v) is 5.96. The Morgan fingerprint density at radius 1 is 1.22 bits per heavy atom. The van der Waals surface area contributed by atoms with Crippen molar-refractivity contribution in [3.8, 4) is 0 Å². The molecular weight excluding hydrogens is 521 g/mol. The van der Waals surface area contributed by atoms with Gasteiger partial charge in [0.2, 0.25) is 0 Å². The largest absolute Gasteiger partial charge is 0.468 e. The van der Waals surface area contributed by atoms with Gasteiger partial charge in [-0.25, -0.2) is 4.79 Å². The van der Waals surface area contributed by atoms with Crippen LogP contribution in [0.15, 0.2) is 27.8 Å². The van der Waals surface area contributed by atoms with E-state index in [9.17, 15) is 4.79 Å². The first-order chi connectivity index (χ1) is 14.9. The quantitative estimate of drug-likeness (QED) is 0.312. The number of aliphatic imine (C=N–C) groups is 1. The van der Waals surface area contributed by atoms with Crippen LogP contribution in [0.3, 0.4) is 0 Å². The number of nitrogens with one attached hydrogen (secondary N) is 2. The van der Waals surface area contributed by atoms with Crippen LogP contribution in [0.2, 0.25) is 0 Å². The van der Waals surface area contributed by atoms with Gasteiger partial charge in [0, 0.05) is 33.2 Å². The summed E-state index contributed by atoms with van der Waals surface area (Å²) in [6.07, 6.45) is 5.95. The molecule has 1 unspecified atom stereocenters. The smallest absolute Gasteiger partial charge is 0.410 e. The van der Waals surface area contributed by atoms with Crippen LogP contribution in [0.25, 0.3) is 0 Å². The predicted molar refractivity (Wildman–Crippen MR) is 138 cm³/mol. The number of piperidine rings is 1. The molecule has 1 aromatic heterocycles. The minimum Gasteiger partial charge on any atom is -0.468 e. The molecule has 0 spiro atoms. The van der Waals surface area contributed by atoms with E-state index in [1.54, 1.807) is 13.3 Å². The van der Waals surface area contributed by atoms with E-state index in [1.165, 1.54) is 12.8 Å². The van der Waals surface area contributed by atoms with Gasteiger partial charge in [0.1, 0.15) is 11.4 Å². The average molecular weight is 562 g/mol. The minimum atomic E-state index is -0.448. The molecule has 0 radical (unpaired) electrons. The Hall–Kier alpha value is -1.49. The van der Waals surface area contributed by atoms with Crippen LogP contribution < -0.4 is 10.6 Å². The fraction of sp³-hybridized carbons (Fsp3) is 0.739. The van der Waals surface area contributed by atoms with Crippen LogP contribution >= 0.6 is 24.0 Å². The van der Waals surface area contributed by atoms with Crippen molar-refractivity contribution in [2.45, 2.75) is 58.1 Å². The van der Waals surface area contributed by atoms with E-state index in [4.69, 9.17) is 9.15 Å². The molecule has 32 heavy (non-hydrogen) atoms. The number of likely N-dealkylation sites (tertiary alicyclic amines) is 2. The Bertz CT molecular complexity index is 706. The van der Waals surface area contributed by atoms with Gasteiger partial charge in [-0.1, -0.05) is 0 Å². The summed E-state index contributed by atoms with van der Waals surface area (Å²) in [5, 5.41) is 6.95. The first-order valence-corrected chi connectivity index (χ1v) is 11.6. The summed E-state index contributed by atoms with van der Waals surface area (Å²) in [7, 11) is 1.80. The molecule has 8 nitrogen and oxygen atoms in total. The molecule has 2 saturated heterocycles. The lowest BCUT2D eigenvalue weighted by Gasteiger charge is -2.33. The fourth-order valence-electron chi connectivity index (χ4n) is 4.24. The highest BCUT2D eigenvalue weighted by Crippen LogP contribution is 2.25. The topological polar surface area (TPSA) is 82.3 Å². The number of nitrogens with zero attached hydrogens (tertiary/aromatic N) is 3. The van der Waals surface area contributed by atoms with Crippen LogP contribution in [-0.2, 0) is 4.74 Å². The van der Waals surface area contributed by atoms with Gasteiger partial charge in [-0.05, 0) is 77.6 Å². The number of hydrogen-bond donors (Lipinski definition) is 2. The van der Waals surface area contributed by atoms with Crippen molar-refractivity contribution in [2.24, 2.45) is 10.9 Å². The number of halogens is 1. The second-order valence-electron chi connectivity index (χ2n) is 9.52. The van der Waals surface area contributed by atoms with E-state index in [0.717, 1.165) is 63.8 Å². The number of carbonyl (C=O) groups is 1. The van der Waals surface area contributed by atoms with Crippen molar-refractivity contribution in [1.82, 2.24) is 20.4 Å². The molecule has 3 rings (SSSR count). The molecule has 9 heteroatoms. The second-order valence-corrected chi connectivity index (χ2v) is 9.52. The molecule has 1 atom stereocenters. The summed E-state index contributed by atoms with van der Waals surface area (Å²) in [4.78, 5) is 20.9. The third-order valence-electron chi connectivity index (χ3n) is 5.96. The maximum Gasteiger partial charge on any atom is 0.410 e. The van der Waals surface area contributed by atoms with E-state index < -0.39 is 5.60 Å². The first kappa shape index (κ1) is 26.8. The van der Waals surface area contributed by atoms with E-state index in [1.807, 2.05) is 31.7 Å². The number of carbonyl (C=O) groups excluding carboxylic acids is 1. The van der Waals surface area contributed by atoms with E-state index in [0.29, 0.717) is 5.92 Å². The predicted octanol–water partition coefficient (Wildman–Crippen LogP) is 3.85. The van der Waals surface area contributed by atoms with Crippen molar-refractivity contribution in [2.75, 3.05) is 46.3 Å². The minimum absolute atomic E-state index is 0. The van der Waals surface area contributed by atoms with Gasteiger partial charge in [-0.2, -0.15) is 0 Å². The van der Waals surface area contributed by atoms with Gasteiger partial charge in [0.25, 0.3) is 0 Å². The van der Waals surface area contributed by atoms with Gasteiger partial charge in [-0.15, -0.1) is 24.0 Å². The molecule has 0 saturated carbocycles. The Balaban J connectivity index is 0.00000363. The van der Waals surface area contributed by atoms with Gasteiger partial charge < -0.3 is 24.7 Å². The molecule has 182 valence electrons. The van der Waals surface area contributed by atoms with Gasteiger partial charge in [-0.3, -0.25) is 9.89 Å². The van der Waals surface area contributed by atoms with Crippen LogP contribution in [0.5, 0.6) is 0 Å². The van der Waals surface area contributed by atoms with Crippen LogP contribution in [-0.4, -0.2) is 73.8 Å². The molecule has 1 amide bonds. The van der Waals surface area contributed by atoms with Gasteiger partial charge in [0.15, 0.2) is 5.96 Å². The standard InChI is InChI=1S/C23H39N5O3.HI/c1-23(2,3)31-22(29)28-13-9-18(10-14-28)16-25-21(24-4)26-17-19(20-8-7-15-30-20)27-11-5-6-12-27;/h7-8,15,18-19H,5-6,9-14,16-17H2,1-4H3,(H2,24,25,26);1H. The molecule has 2 N–H and O–H groups in total. The van der Waals surface area contributed by atoms with Crippen molar-refractivity contribution in [3.05, 3.63) is 24.2 Å². The summed E-state index contributed by atoms with van der Waals surface area (Å²) >= 11 is 0. The average Bonchev–Trinajstić information content (AvgIpc) is 3.44. The zero-order chi connectivity index (χ0) is 22.3. The monoisotopic (exact) mass is 561 g/mol. The molecule has 2 aliphatic rings. The molecule has 2 fully saturated rings. The molecule has 0 aliphatic carbocycles. The Kier molecular flexibility index (Phi) is 10.6. The zero-order valence-electron chi connectivity index (χ0n) is 19.9. The van der Waals surface area contributed by atoms with Gasteiger partial charge in [0.05, 0.1) is 12.3 Å². The molecular formula is C23H40IN5O3. The number of amides is 1. The molecule has 0 aromatic carbocycles. The summed E-state index contributed by atoms with van der Waals surface area (Å²) in [5.41, 5.74) is -0.448. The first-order valence-electron chi connectivity index (χ1n) is 11.6. The lowest BCUT2D eigenvalue weighted by Crippen LogP contribution is -2.46. The van der Waals surface area contributed by atoms with E-state index in [2.05, 4.69) is 26.6 Å². The molecule has 2 aliphatic heterocycles.